The zero-order valence-electron chi connectivity index (χ0n) is 18.9. The molecule has 1 aromatic rings. The van der Waals surface area contributed by atoms with Crippen LogP contribution in [-0.2, 0) is 4.79 Å². The van der Waals surface area contributed by atoms with Crippen LogP contribution in [0.2, 0.25) is 0 Å². The van der Waals surface area contributed by atoms with E-state index < -0.39 is 5.60 Å². The third-order valence-electron chi connectivity index (χ3n) is 9.11. The number of hydrogen-bond acceptors (Lipinski definition) is 3. The average Bonchev–Trinajstić information content (AvgIpc) is 2.96. The maximum Gasteiger partial charge on any atom is 0.156 e. The van der Waals surface area contributed by atoms with Gasteiger partial charge in [-0.3, -0.25) is 4.79 Å². The van der Waals surface area contributed by atoms with Gasteiger partial charge in [0.05, 0.1) is 5.60 Å². The molecule has 30 heavy (non-hydrogen) atoms. The summed E-state index contributed by atoms with van der Waals surface area (Å²) in [4.78, 5) is 14.3. The van der Waals surface area contributed by atoms with Crippen LogP contribution >= 0.6 is 0 Å². The molecule has 3 nitrogen and oxygen atoms in total. The van der Waals surface area contributed by atoms with Crippen LogP contribution in [0.4, 0.5) is 5.69 Å². The summed E-state index contributed by atoms with van der Waals surface area (Å²) in [5, 5.41) is 11.4. The Morgan fingerprint density at radius 1 is 1.03 bits per heavy atom. The molecule has 0 aliphatic heterocycles. The number of carbonyl (C=O) groups excluding carboxylic acids is 1. The summed E-state index contributed by atoms with van der Waals surface area (Å²) in [7, 11) is 4.16. The highest BCUT2D eigenvalue weighted by Gasteiger charge is 2.60. The third kappa shape index (κ3) is 2.85. The Balaban J connectivity index is 1.66. The first-order valence-electron chi connectivity index (χ1n) is 11.7. The molecule has 0 aromatic heterocycles. The van der Waals surface area contributed by atoms with E-state index in [2.05, 4.69) is 57.1 Å². The molecule has 4 aliphatic carbocycles. The Morgan fingerprint density at radius 2 is 1.77 bits per heavy atom. The molecule has 0 heterocycles. The monoisotopic (exact) mass is 405 g/mol. The molecular weight excluding hydrogens is 370 g/mol. The van der Waals surface area contributed by atoms with Crippen LogP contribution in [0.5, 0.6) is 0 Å². The predicted molar refractivity (Wildman–Crippen MR) is 122 cm³/mol. The Morgan fingerprint density at radius 3 is 2.47 bits per heavy atom. The van der Waals surface area contributed by atoms with Crippen molar-refractivity contribution in [3.05, 3.63) is 52.6 Å². The summed E-state index contributed by atoms with van der Waals surface area (Å²) in [5.74, 6) is 1.72. The number of hydrogen-bond donors (Lipinski definition) is 1. The van der Waals surface area contributed by atoms with Gasteiger partial charge in [-0.05, 0) is 92.2 Å². The van der Waals surface area contributed by atoms with Gasteiger partial charge in [0.25, 0.3) is 0 Å². The molecule has 0 spiro atoms. The summed E-state index contributed by atoms with van der Waals surface area (Å²) in [5.41, 5.74) is 6.33. The normalized spacial score (nSPS) is 38.0. The zero-order chi connectivity index (χ0) is 21.3. The molecular formula is C27H35NO2. The number of fused-ring (bicyclic) bond motifs is 4. The zero-order valence-corrected chi connectivity index (χ0v) is 18.9. The molecule has 1 N–H and O–H groups in total. The second-order valence-electron chi connectivity index (χ2n) is 10.8. The van der Waals surface area contributed by atoms with Crippen LogP contribution in [0.25, 0.3) is 0 Å². The second-order valence-corrected chi connectivity index (χ2v) is 10.8. The highest BCUT2D eigenvalue weighted by atomic mass is 16.3. The van der Waals surface area contributed by atoms with Crippen molar-refractivity contribution in [3.63, 3.8) is 0 Å². The predicted octanol–water partition coefficient (Wildman–Crippen LogP) is 5.40. The molecule has 0 radical (unpaired) electrons. The molecule has 3 heteroatoms. The first kappa shape index (κ1) is 20.1. The van der Waals surface area contributed by atoms with Crippen molar-refractivity contribution in [3.8, 4) is 0 Å². The lowest BCUT2D eigenvalue weighted by atomic mass is 9.51. The number of rotatable bonds is 2. The van der Waals surface area contributed by atoms with Crippen molar-refractivity contribution in [2.75, 3.05) is 19.0 Å². The smallest absolute Gasteiger partial charge is 0.156 e. The number of allylic oxidation sites excluding steroid dienone is 4. The molecule has 0 bridgehead atoms. The molecule has 2 fully saturated rings. The number of nitrogens with zero attached hydrogens (tertiary/aromatic N) is 1. The Kier molecular flexibility index (Phi) is 4.56. The van der Waals surface area contributed by atoms with Crippen LogP contribution in [0.3, 0.4) is 0 Å². The molecule has 3 unspecified atom stereocenters. The van der Waals surface area contributed by atoms with Crippen LogP contribution < -0.4 is 4.90 Å². The minimum absolute atomic E-state index is 0.0572. The van der Waals surface area contributed by atoms with Crippen molar-refractivity contribution in [2.24, 2.45) is 17.3 Å². The van der Waals surface area contributed by atoms with E-state index in [4.69, 9.17) is 0 Å². The molecule has 5 atom stereocenters. The number of aliphatic hydroxyl groups is 1. The van der Waals surface area contributed by atoms with Gasteiger partial charge in [0.15, 0.2) is 5.78 Å². The van der Waals surface area contributed by atoms with E-state index in [9.17, 15) is 9.90 Å². The summed E-state index contributed by atoms with van der Waals surface area (Å²) in [6, 6.07) is 9.04. The van der Waals surface area contributed by atoms with E-state index in [1.807, 2.05) is 6.08 Å². The largest absolute Gasteiger partial charge is 0.390 e. The Bertz CT molecular complexity index is 936. The minimum atomic E-state index is -0.603. The molecule has 1 aromatic carbocycles. The van der Waals surface area contributed by atoms with E-state index in [1.54, 1.807) is 5.57 Å². The Hall–Kier alpha value is -1.87. The fourth-order valence-corrected chi connectivity index (χ4v) is 7.18. The average molecular weight is 406 g/mol. The van der Waals surface area contributed by atoms with Crippen molar-refractivity contribution in [1.29, 1.82) is 0 Å². The summed E-state index contributed by atoms with van der Waals surface area (Å²) in [6.07, 6.45) is 8.67. The lowest BCUT2D eigenvalue weighted by Gasteiger charge is -2.54. The van der Waals surface area contributed by atoms with Gasteiger partial charge in [-0.2, -0.15) is 0 Å². The van der Waals surface area contributed by atoms with E-state index in [-0.39, 0.29) is 5.41 Å². The first-order valence-corrected chi connectivity index (χ1v) is 11.7. The van der Waals surface area contributed by atoms with Gasteiger partial charge in [-0.1, -0.05) is 24.6 Å². The number of carbonyl (C=O) groups is 1. The number of anilines is 1. The fourth-order valence-electron chi connectivity index (χ4n) is 7.18. The maximum absolute atomic E-state index is 12.1. The molecule has 2 saturated carbocycles. The molecule has 5 rings (SSSR count). The van der Waals surface area contributed by atoms with Crippen LogP contribution in [0, 0.1) is 17.3 Å². The van der Waals surface area contributed by atoms with Gasteiger partial charge in [0.2, 0.25) is 0 Å². The van der Waals surface area contributed by atoms with Gasteiger partial charge in [0, 0.05) is 37.5 Å². The van der Waals surface area contributed by atoms with Crippen molar-refractivity contribution < 1.29 is 9.90 Å². The van der Waals surface area contributed by atoms with E-state index in [0.29, 0.717) is 30.0 Å². The van der Waals surface area contributed by atoms with Gasteiger partial charge >= 0.3 is 0 Å². The Labute approximate surface area is 180 Å². The van der Waals surface area contributed by atoms with Crippen LogP contribution in [0.1, 0.15) is 70.3 Å². The van der Waals surface area contributed by atoms with Gasteiger partial charge in [-0.15, -0.1) is 0 Å². The SMILES string of the molecule is CN(C)c1ccc(C2C[C@@]3(C)C(CC[C@]3(C)O)C3CCC4=CC(=O)CCC4=C23)cc1. The highest BCUT2D eigenvalue weighted by Crippen LogP contribution is 2.66. The van der Waals surface area contributed by atoms with Crippen molar-refractivity contribution in [2.45, 2.75) is 70.3 Å². The minimum Gasteiger partial charge on any atom is -0.390 e. The van der Waals surface area contributed by atoms with E-state index in [0.717, 1.165) is 38.5 Å². The van der Waals surface area contributed by atoms with Crippen LogP contribution in [0.15, 0.2) is 47.1 Å². The fraction of sp³-hybridized carbons (Fsp3) is 0.593. The summed E-state index contributed by atoms with van der Waals surface area (Å²) < 4.78 is 0. The van der Waals surface area contributed by atoms with Gasteiger partial charge in [-0.25, -0.2) is 0 Å². The maximum atomic E-state index is 12.1. The molecule has 0 amide bonds. The van der Waals surface area contributed by atoms with Crippen molar-refractivity contribution >= 4 is 11.5 Å². The van der Waals surface area contributed by atoms with Gasteiger partial charge < -0.3 is 10.0 Å². The quantitative estimate of drug-likeness (QED) is 0.716. The molecule has 0 saturated heterocycles. The van der Waals surface area contributed by atoms with Crippen LogP contribution in [-0.4, -0.2) is 30.6 Å². The summed E-state index contributed by atoms with van der Waals surface area (Å²) in [6.45, 7) is 4.42. The third-order valence-corrected chi connectivity index (χ3v) is 9.11. The van der Waals surface area contributed by atoms with Crippen molar-refractivity contribution in [1.82, 2.24) is 0 Å². The topological polar surface area (TPSA) is 40.5 Å². The lowest BCUT2D eigenvalue weighted by Crippen LogP contribution is -2.50. The van der Waals surface area contributed by atoms with Gasteiger partial charge in [0.1, 0.15) is 0 Å². The van der Waals surface area contributed by atoms with E-state index in [1.165, 1.54) is 22.4 Å². The second kappa shape index (κ2) is 6.82. The number of ketones is 1. The standard InChI is InChI=1S/C27H35NO2/c1-26-16-23(17-5-8-19(9-6-17)28(3)4)25-21-12-10-20(29)15-18(21)7-11-22(25)24(26)13-14-27(26,2)30/h5-6,8-9,15,22-24,30H,7,10-14,16H2,1-4H3/t22?,23?,24?,26-,27-/m0/s1. The molecule has 4 aliphatic rings. The highest BCUT2D eigenvalue weighted by molar-refractivity contribution is 5.93. The summed E-state index contributed by atoms with van der Waals surface area (Å²) >= 11 is 0. The lowest BCUT2D eigenvalue weighted by molar-refractivity contribution is -0.114. The van der Waals surface area contributed by atoms with E-state index >= 15 is 0 Å². The number of benzene rings is 1. The molecule has 160 valence electrons. The first-order chi connectivity index (χ1) is 14.2.